The van der Waals surface area contributed by atoms with Crippen molar-refractivity contribution in [2.24, 2.45) is 17.3 Å². The van der Waals surface area contributed by atoms with Crippen molar-refractivity contribution in [3.63, 3.8) is 0 Å². The molecular weight excluding hydrogens is 168 g/mol. The summed E-state index contributed by atoms with van der Waals surface area (Å²) in [5.41, 5.74) is 0.154. The maximum Gasteiger partial charge on any atom is 0.156 e. The third kappa shape index (κ3) is 5.24. The summed E-state index contributed by atoms with van der Waals surface area (Å²) in [7, 11) is 0. The zero-order valence-electron chi connectivity index (χ0n) is 8.99. The molecular formula is C10H22O3. The van der Waals surface area contributed by atoms with Gasteiger partial charge in [-0.15, -0.1) is 0 Å². The highest BCUT2D eigenvalue weighted by molar-refractivity contribution is 4.73. The Balaban J connectivity index is 4.14. The molecule has 2 atom stereocenters. The van der Waals surface area contributed by atoms with Gasteiger partial charge < -0.3 is 15.3 Å². The molecule has 0 radical (unpaired) electrons. The molecule has 80 valence electrons. The van der Waals surface area contributed by atoms with Crippen LogP contribution in [0.15, 0.2) is 0 Å². The number of rotatable bonds is 4. The molecule has 0 aromatic heterocycles. The first-order valence-electron chi connectivity index (χ1n) is 4.75. The smallest absolute Gasteiger partial charge is 0.156 e. The van der Waals surface area contributed by atoms with Crippen LogP contribution in [0.25, 0.3) is 0 Å². The monoisotopic (exact) mass is 190 g/mol. The normalized spacial score (nSPS) is 17.5. The minimum atomic E-state index is -1.41. The molecule has 0 amide bonds. The Morgan fingerprint density at radius 1 is 1.15 bits per heavy atom. The molecule has 0 bridgehead atoms. The standard InChI is InChI=1S/C10H22O3/c1-7(5-10(2,3)4)8(6-11)9(12)13/h7-9,11-13H,5-6H2,1-4H3. The summed E-state index contributed by atoms with van der Waals surface area (Å²) in [5.74, 6) is -0.316. The highest BCUT2D eigenvalue weighted by atomic mass is 16.5. The second kappa shape index (κ2) is 4.94. The highest BCUT2D eigenvalue weighted by Crippen LogP contribution is 2.29. The van der Waals surface area contributed by atoms with E-state index in [1.807, 2.05) is 6.92 Å². The molecule has 0 saturated heterocycles. The van der Waals surface area contributed by atoms with E-state index in [9.17, 15) is 0 Å². The first-order valence-corrected chi connectivity index (χ1v) is 4.75. The van der Waals surface area contributed by atoms with Gasteiger partial charge in [-0.05, 0) is 17.8 Å². The van der Waals surface area contributed by atoms with Crippen molar-refractivity contribution in [1.29, 1.82) is 0 Å². The van der Waals surface area contributed by atoms with Crippen LogP contribution in [0.2, 0.25) is 0 Å². The Labute approximate surface area is 80.4 Å². The third-order valence-corrected chi connectivity index (χ3v) is 2.26. The number of hydrogen-bond donors (Lipinski definition) is 3. The highest BCUT2D eigenvalue weighted by Gasteiger charge is 2.26. The van der Waals surface area contributed by atoms with Crippen LogP contribution in [0.4, 0.5) is 0 Å². The van der Waals surface area contributed by atoms with Gasteiger partial charge in [0.05, 0.1) is 6.61 Å². The predicted molar refractivity (Wildman–Crippen MR) is 52.0 cm³/mol. The van der Waals surface area contributed by atoms with Crippen LogP contribution in [0, 0.1) is 17.3 Å². The second-order valence-electron chi connectivity index (χ2n) is 5.00. The summed E-state index contributed by atoms with van der Waals surface area (Å²) >= 11 is 0. The molecule has 13 heavy (non-hydrogen) atoms. The largest absolute Gasteiger partial charge is 0.396 e. The zero-order valence-corrected chi connectivity index (χ0v) is 8.99. The van der Waals surface area contributed by atoms with Gasteiger partial charge in [0.1, 0.15) is 0 Å². The molecule has 0 fully saturated rings. The van der Waals surface area contributed by atoms with E-state index in [0.717, 1.165) is 6.42 Å². The number of hydrogen-bond acceptors (Lipinski definition) is 3. The molecule has 0 saturated carbocycles. The van der Waals surface area contributed by atoms with Crippen LogP contribution in [0.3, 0.4) is 0 Å². The minimum Gasteiger partial charge on any atom is -0.396 e. The number of aliphatic hydroxyl groups is 3. The van der Waals surface area contributed by atoms with Crippen molar-refractivity contribution in [1.82, 2.24) is 0 Å². The van der Waals surface area contributed by atoms with Crippen LogP contribution in [0.1, 0.15) is 34.1 Å². The molecule has 0 aliphatic carbocycles. The van der Waals surface area contributed by atoms with Gasteiger partial charge in [0, 0.05) is 5.92 Å². The van der Waals surface area contributed by atoms with Crippen LogP contribution in [-0.2, 0) is 0 Å². The van der Waals surface area contributed by atoms with E-state index in [1.54, 1.807) is 0 Å². The summed E-state index contributed by atoms with van der Waals surface area (Å²) in [6, 6.07) is 0. The molecule has 3 N–H and O–H groups in total. The van der Waals surface area contributed by atoms with E-state index in [4.69, 9.17) is 15.3 Å². The van der Waals surface area contributed by atoms with E-state index >= 15 is 0 Å². The van der Waals surface area contributed by atoms with Crippen LogP contribution >= 0.6 is 0 Å². The minimum absolute atomic E-state index is 0.116. The SMILES string of the molecule is CC(CC(C)(C)C)C(CO)C(O)O. The average molecular weight is 190 g/mol. The number of aliphatic hydroxyl groups excluding tert-OH is 2. The molecule has 0 aromatic rings. The second-order valence-corrected chi connectivity index (χ2v) is 5.00. The molecule has 0 heterocycles. The lowest BCUT2D eigenvalue weighted by atomic mass is 9.79. The van der Waals surface area contributed by atoms with E-state index in [2.05, 4.69) is 20.8 Å². The van der Waals surface area contributed by atoms with Gasteiger partial charge in [0.2, 0.25) is 0 Å². The van der Waals surface area contributed by atoms with Gasteiger partial charge in [-0.3, -0.25) is 0 Å². The maximum absolute atomic E-state index is 8.97. The molecule has 0 aliphatic rings. The van der Waals surface area contributed by atoms with Crippen LogP contribution in [0.5, 0.6) is 0 Å². The fourth-order valence-electron chi connectivity index (χ4n) is 1.69. The van der Waals surface area contributed by atoms with Gasteiger partial charge in [0.25, 0.3) is 0 Å². The Kier molecular flexibility index (Phi) is 4.89. The fraction of sp³-hybridized carbons (Fsp3) is 1.00. The quantitative estimate of drug-likeness (QED) is 0.579. The first kappa shape index (κ1) is 12.9. The lowest BCUT2D eigenvalue weighted by Crippen LogP contribution is -2.31. The summed E-state index contributed by atoms with van der Waals surface area (Å²) in [6.07, 6.45) is -0.544. The van der Waals surface area contributed by atoms with Crippen molar-refractivity contribution in [2.75, 3.05) is 6.61 Å². The van der Waals surface area contributed by atoms with Crippen molar-refractivity contribution in [3.05, 3.63) is 0 Å². The lowest BCUT2D eigenvalue weighted by molar-refractivity contribution is -0.115. The van der Waals surface area contributed by atoms with Crippen molar-refractivity contribution in [3.8, 4) is 0 Å². The Hall–Kier alpha value is -0.120. The topological polar surface area (TPSA) is 60.7 Å². The van der Waals surface area contributed by atoms with E-state index < -0.39 is 12.2 Å². The van der Waals surface area contributed by atoms with Gasteiger partial charge in [0.15, 0.2) is 6.29 Å². The van der Waals surface area contributed by atoms with E-state index in [1.165, 1.54) is 0 Å². The average Bonchev–Trinajstić information content (AvgIpc) is 1.82. The molecule has 3 heteroatoms. The van der Waals surface area contributed by atoms with E-state index in [-0.39, 0.29) is 17.9 Å². The van der Waals surface area contributed by atoms with Gasteiger partial charge in [-0.2, -0.15) is 0 Å². The molecule has 2 unspecified atom stereocenters. The molecule has 0 rings (SSSR count). The molecule has 3 nitrogen and oxygen atoms in total. The zero-order chi connectivity index (χ0) is 10.6. The molecule has 0 spiro atoms. The van der Waals surface area contributed by atoms with E-state index in [0.29, 0.717) is 0 Å². The first-order chi connectivity index (χ1) is 5.78. The fourth-order valence-corrected chi connectivity index (χ4v) is 1.69. The van der Waals surface area contributed by atoms with Crippen molar-refractivity contribution < 1.29 is 15.3 Å². The Morgan fingerprint density at radius 2 is 1.62 bits per heavy atom. The van der Waals surface area contributed by atoms with Gasteiger partial charge in [-0.25, -0.2) is 0 Å². The maximum atomic E-state index is 8.97. The lowest BCUT2D eigenvalue weighted by Gasteiger charge is -2.29. The summed E-state index contributed by atoms with van der Waals surface area (Å²) in [6.45, 7) is 8.06. The Morgan fingerprint density at radius 3 is 1.85 bits per heavy atom. The van der Waals surface area contributed by atoms with Gasteiger partial charge >= 0.3 is 0 Å². The van der Waals surface area contributed by atoms with Crippen LogP contribution in [-0.4, -0.2) is 28.2 Å². The van der Waals surface area contributed by atoms with Crippen molar-refractivity contribution >= 4 is 0 Å². The summed E-state index contributed by atoms with van der Waals surface area (Å²) in [5, 5.41) is 26.9. The predicted octanol–water partition coefficient (Wildman–Crippen LogP) is 0.978. The van der Waals surface area contributed by atoms with Crippen LogP contribution < -0.4 is 0 Å². The van der Waals surface area contributed by atoms with Gasteiger partial charge in [-0.1, -0.05) is 27.7 Å². The molecule has 0 aliphatic heterocycles. The molecule has 0 aromatic carbocycles. The van der Waals surface area contributed by atoms with Crippen molar-refractivity contribution in [2.45, 2.75) is 40.4 Å². The summed E-state index contributed by atoms with van der Waals surface area (Å²) in [4.78, 5) is 0. The summed E-state index contributed by atoms with van der Waals surface area (Å²) < 4.78 is 0. The third-order valence-electron chi connectivity index (χ3n) is 2.26. The Bertz CT molecular complexity index is 138.